The molecule has 160 valence electrons. The average molecular weight is 425 g/mol. The quantitative estimate of drug-likeness (QED) is 0.265. The van der Waals surface area contributed by atoms with E-state index in [0.29, 0.717) is 6.42 Å². The Labute approximate surface area is 181 Å². The van der Waals surface area contributed by atoms with E-state index >= 15 is 0 Å². The second-order valence-electron chi connectivity index (χ2n) is 8.48. The lowest BCUT2D eigenvalue weighted by Gasteiger charge is -2.45. The van der Waals surface area contributed by atoms with E-state index in [2.05, 4.69) is 49.8 Å². The molecule has 2 aromatic carbocycles. The van der Waals surface area contributed by atoms with E-state index in [4.69, 9.17) is 4.43 Å². The van der Waals surface area contributed by atoms with Crippen molar-refractivity contribution in [2.45, 2.75) is 45.3 Å². The maximum Gasteiger partial charge on any atom is 0.330 e. The second kappa shape index (κ2) is 10.5. The maximum atomic E-state index is 11.7. The van der Waals surface area contributed by atoms with Gasteiger partial charge in [0.05, 0.1) is 13.2 Å². The lowest BCUT2D eigenvalue weighted by Crippen LogP contribution is -2.68. The summed E-state index contributed by atoms with van der Waals surface area (Å²) in [6.07, 6.45) is 4.12. The molecule has 0 saturated heterocycles. The Bertz CT molecular complexity index is 801. The number of esters is 1. The summed E-state index contributed by atoms with van der Waals surface area (Å²) in [6, 6.07) is 20.6. The van der Waals surface area contributed by atoms with Gasteiger partial charge in [-0.05, 0) is 21.8 Å². The van der Waals surface area contributed by atoms with E-state index in [1.165, 1.54) is 13.2 Å². The van der Waals surface area contributed by atoms with Crippen molar-refractivity contribution in [3.05, 3.63) is 72.8 Å². The second-order valence-corrected chi connectivity index (χ2v) is 12.7. The van der Waals surface area contributed by atoms with Gasteiger partial charge in [-0.25, -0.2) is 4.79 Å². The number of benzene rings is 2. The van der Waals surface area contributed by atoms with Crippen LogP contribution >= 0.6 is 0 Å². The molecule has 2 aromatic rings. The highest BCUT2D eigenvalue weighted by molar-refractivity contribution is 6.99. The van der Waals surface area contributed by atoms with Gasteiger partial charge in [-0.3, -0.25) is 0 Å². The molecule has 0 fully saturated rings. The van der Waals surface area contributed by atoms with Crippen molar-refractivity contribution >= 4 is 30.9 Å². The molecule has 30 heavy (non-hydrogen) atoms. The SMILES string of the molecule is COC(=O)/C=C/C[C@H](O[Si](c1ccccc1)(c1ccccc1)C(C)(C)C)[C@H](C)C=O. The fourth-order valence-electron chi connectivity index (χ4n) is 3.74. The van der Waals surface area contributed by atoms with Crippen LogP contribution in [0.3, 0.4) is 0 Å². The first kappa shape index (κ1) is 23.8. The van der Waals surface area contributed by atoms with Crippen LogP contribution in [-0.2, 0) is 18.8 Å². The molecule has 2 rings (SSSR count). The minimum Gasteiger partial charge on any atom is -0.466 e. The molecule has 0 bridgehead atoms. The van der Waals surface area contributed by atoms with Crippen molar-refractivity contribution < 1.29 is 18.8 Å². The summed E-state index contributed by atoms with van der Waals surface area (Å²) >= 11 is 0. The van der Waals surface area contributed by atoms with Gasteiger partial charge < -0.3 is 14.0 Å². The number of carbonyl (C=O) groups excluding carboxylic acids is 2. The summed E-state index contributed by atoms with van der Waals surface area (Å²) in [5.41, 5.74) is 0. The molecule has 0 aliphatic carbocycles. The Kier molecular flexibility index (Phi) is 8.32. The first-order chi connectivity index (χ1) is 14.3. The lowest BCUT2D eigenvalue weighted by molar-refractivity contribution is -0.134. The molecule has 0 aromatic heterocycles. The molecule has 0 N–H and O–H groups in total. The minimum atomic E-state index is -2.79. The molecular weight excluding hydrogens is 392 g/mol. The molecule has 0 spiro atoms. The van der Waals surface area contributed by atoms with E-state index in [1.807, 2.05) is 43.3 Å². The van der Waals surface area contributed by atoms with Crippen molar-refractivity contribution in [1.29, 1.82) is 0 Å². The zero-order valence-electron chi connectivity index (χ0n) is 18.5. The number of rotatable bonds is 9. The van der Waals surface area contributed by atoms with Crippen molar-refractivity contribution in [2.24, 2.45) is 5.92 Å². The zero-order valence-corrected chi connectivity index (χ0v) is 19.5. The third kappa shape index (κ3) is 5.35. The Morgan fingerprint density at radius 3 is 1.90 bits per heavy atom. The van der Waals surface area contributed by atoms with Crippen LogP contribution in [0.5, 0.6) is 0 Å². The van der Waals surface area contributed by atoms with Crippen LogP contribution in [0.15, 0.2) is 72.8 Å². The van der Waals surface area contributed by atoms with Crippen molar-refractivity contribution in [3.63, 3.8) is 0 Å². The topological polar surface area (TPSA) is 52.6 Å². The predicted octanol–water partition coefficient (Wildman–Crippen LogP) is 3.89. The summed E-state index contributed by atoms with van der Waals surface area (Å²) in [7, 11) is -1.44. The Balaban J connectivity index is 2.61. The van der Waals surface area contributed by atoms with Gasteiger partial charge in [0.2, 0.25) is 0 Å². The minimum absolute atomic E-state index is 0.192. The molecule has 0 amide bonds. The van der Waals surface area contributed by atoms with Crippen LogP contribution in [0.4, 0.5) is 0 Å². The number of carbonyl (C=O) groups is 2. The molecule has 0 unspecified atom stereocenters. The fraction of sp³-hybridized carbons (Fsp3) is 0.360. The molecule has 0 aliphatic heterocycles. The van der Waals surface area contributed by atoms with Crippen LogP contribution in [0.2, 0.25) is 5.04 Å². The van der Waals surface area contributed by atoms with Gasteiger partial charge >= 0.3 is 5.97 Å². The third-order valence-corrected chi connectivity index (χ3v) is 10.4. The lowest BCUT2D eigenvalue weighted by atomic mass is 10.0. The molecule has 0 aliphatic rings. The van der Waals surface area contributed by atoms with Gasteiger partial charge in [0.25, 0.3) is 8.32 Å². The molecule has 0 saturated carbocycles. The first-order valence-electron chi connectivity index (χ1n) is 10.2. The van der Waals surface area contributed by atoms with Crippen LogP contribution in [0.1, 0.15) is 34.1 Å². The smallest absolute Gasteiger partial charge is 0.330 e. The Morgan fingerprint density at radius 1 is 1.00 bits per heavy atom. The summed E-state index contributed by atoms with van der Waals surface area (Å²) in [6.45, 7) is 8.46. The average Bonchev–Trinajstić information content (AvgIpc) is 2.75. The van der Waals surface area contributed by atoms with Gasteiger partial charge in [-0.2, -0.15) is 0 Å². The number of hydrogen-bond acceptors (Lipinski definition) is 4. The highest BCUT2D eigenvalue weighted by Crippen LogP contribution is 2.38. The van der Waals surface area contributed by atoms with E-state index in [-0.39, 0.29) is 17.1 Å². The highest BCUT2D eigenvalue weighted by atomic mass is 28.4. The van der Waals surface area contributed by atoms with E-state index in [1.54, 1.807) is 6.08 Å². The fourth-order valence-corrected chi connectivity index (χ4v) is 8.52. The van der Waals surface area contributed by atoms with Gasteiger partial charge in [-0.15, -0.1) is 0 Å². The Morgan fingerprint density at radius 2 is 1.50 bits per heavy atom. The van der Waals surface area contributed by atoms with E-state index in [9.17, 15) is 9.59 Å². The molecule has 2 atom stereocenters. The maximum absolute atomic E-state index is 11.7. The van der Waals surface area contributed by atoms with E-state index < -0.39 is 14.3 Å². The predicted molar refractivity (Wildman–Crippen MR) is 123 cm³/mol. The van der Waals surface area contributed by atoms with Gasteiger partial charge in [0.15, 0.2) is 0 Å². The summed E-state index contributed by atoms with van der Waals surface area (Å²) < 4.78 is 11.7. The number of methoxy groups -OCH3 is 1. The van der Waals surface area contributed by atoms with Gasteiger partial charge in [0.1, 0.15) is 6.29 Å². The van der Waals surface area contributed by atoms with Crippen LogP contribution in [0, 0.1) is 5.92 Å². The monoisotopic (exact) mass is 424 g/mol. The summed E-state index contributed by atoms with van der Waals surface area (Å²) in [4.78, 5) is 23.2. The largest absolute Gasteiger partial charge is 0.466 e. The van der Waals surface area contributed by atoms with Gasteiger partial charge in [-0.1, -0.05) is 94.4 Å². The van der Waals surface area contributed by atoms with Crippen molar-refractivity contribution in [2.75, 3.05) is 7.11 Å². The normalized spacial score (nSPS) is 14.3. The van der Waals surface area contributed by atoms with Crippen LogP contribution < -0.4 is 10.4 Å². The van der Waals surface area contributed by atoms with Crippen molar-refractivity contribution in [3.8, 4) is 0 Å². The van der Waals surface area contributed by atoms with Crippen LogP contribution in [-0.4, -0.2) is 33.8 Å². The van der Waals surface area contributed by atoms with Crippen molar-refractivity contribution in [1.82, 2.24) is 0 Å². The standard InChI is InChI=1S/C25H32O4Si/c1-20(19-26)23(17-12-18-24(27)28-5)29-30(25(2,3)4,21-13-8-6-9-14-21)22-15-10-7-11-16-22/h6-16,18-20,23H,17H2,1-5H3/b18-12+/t20-,23+/m1/s1. The molecule has 5 heteroatoms. The Hall–Kier alpha value is -2.50. The molecule has 0 radical (unpaired) electrons. The molecule has 0 heterocycles. The number of aldehydes is 1. The highest BCUT2D eigenvalue weighted by Gasteiger charge is 2.51. The van der Waals surface area contributed by atoms with Gasteiger partial charge in [0, 0.05) is 12.0 Å². The van der Waals surface area contributed by atoms with Crippen LogP contribution in [0.25, 0.3) is 0 Å². The third-order valence-electron chi connectivity index (χ3n) is 5.37. The zero-order chi connectivity index (χ0) is 22.2. The number of hydrogen-bond donors (Lipinski definition) is 0. The molecular formula is C25H32O4Si. The molecule has 4 nitrogen and oxygen atoms in total. The first-order valence-corrected chi connectivity index (χ1v) is 12.2. The number of ether oxygens (including phenoxy) is 1. The summed E-state index contributed by atoms with van der Waals surface area (Å²) in [5, 5.41) is 2.12. The summed E-state index contributed by atoms with van der Waals surface area (Å²) in [5.74, 6) is -0.744. The van der Waals surface area contributed by atoms with E-state index in [0.717, 1.165) is 16.7 Å².